The Hall–Kier alpha value is -2.08. The summed E-state index contributed by atoms with van der Waals surface area (Å²) in [5, 5.41) is 0. The average Bonchev–Trinajstić information content (AvgIpc) is 2.75. The number of aromatic amines is 1. The van der Waals surface area contributed by atoms with Gasteiger partial charge < -0.3 is 10.7 Å². The number of aromatic nitrogens is 2. The molecule has 22 heavy (non-hydrogen) atoms. The Balaban J connectivity index is 0.00000144. The molecular weight excluding hydrogens is 304 g/mol. The van der Waals surface area contributed by atoms with Gasteiger partial charge in [-0.3, -0.25) is 14.5 Å². The van der Waals surface area contributed by atoms with Gasteiger partial charge in [-0.25, -0.2) is 4.98 Å². The van der Waals surface area contributed by atoms with Gasteiger partial charge in [-0.1, -0.05) is 6.42 Å². The quantitative estimate of drug-likeness (QED) is 0.789. The lowest BCUT2D eigenvalue weighted by Crippen LogP contribution is -2.50. The molecule has 1 spiro atoms. The maximum atomic E-state index is 12.4. The van der Waals surface area contributed by atoms with E-state index in [0.29, 0.717) is 24.5 Å². The monoisotopic (exact) mass is 320 g/mol. The van der Waals surface area contributed by atoms with E-state index in [1.54, 1.807) is 18.2 Å². The number of carbonyl (C=O) groups excluding carboxylic acids is 2. The van der Waals surface area contributed by atoms with E-state index in [1.807, 2.05) is 0 Å². The third-order valence-corrected chi connectivity index (χ3v) is 4.71. The first kappa shape index (κ1) is 14.8. The number of piperidine rings is 1. The third-order valence-electron chi connectivity index (χ3n) is 4.71. The van der Waals surface area contributed by atoms with Gasteiger partial charge in [0.05, 0.1) is 16.7 Å². The summed E-state index contributed by atoms with van der Waals surface area (Å²) in [7, 11) is 0. The average molecular weight is 321 g/mol. The zero-order chi connectivity index (χ0) is 14.6. The first-order chi connectivity index (χ1) is 10.1. The first-order valence-corrected chi connectivity index (χ1v) is 7.17. The van der Waals surface area contributed by atoms with Crippen molar-refractivity contribution in [3.05, 3.63) is 18.2 Å². The van der Waals surface area contributed by atoms with Gasteiger partial charge in [0.1, 0.15) is 0 Å². The van der Waals surface area contributed by atoms with Crippen LogP contribution < -0.4 is 10.6 Å². The fourth-order valence-corrected chi connectivity index (χ4v) is 3.48. The summed E-state index contributed by atoms with van der Waals surface area (Å²) in [6.07, 6.45) is 4.06. The molecule has 0 atom stereocenters. The molecule has 3 N–H and O–H groups in total. The number of hydrogen-bond donors (Lipinski definition) is 2. The molecule has 2 aromatic rings. The molecule has 2 amide bonds. The van der Waals surface area contributed by atoms with E-state index in [1.165, 1.54) is 4.90 Å². The summed E-state index contributed by atoms with van der Waals surface area (Å²) < 4.78 is 0. The second-order valence-corrected chi connectivity index (χ2v) is 6.15. The summed E-state index contributed by atoms with van der Waals surface area (Å²) in [5.74, 6) is 0.127. The SMILES string of the molecule is Cl.Nc1nc2ccc(N3C(=O)CC4(CCC4)CC3=O)cc2[nH]1. The minimum absolute atomic E-state index is 0. The van der Waals surface area contributed by atoms with Crippen molar-refractivity contribution < 1.29 is 9.59 Å². The van der Waals surface area contributed by atoms with Gasteiger partial charge >= 0.3 is 0 Å². The van der Waals surface area contributed by atoms with E-state index in [4.69, 9.17) is 5.73 Å². The van der Waals surface area contributed by atoms with Crippen LogP contribution in [0.1, 0.15) is 32.1 Å². The van der Waals surface area contributed by atoms with Crippen molar-refractivity contribution >= 4 is 46.9 Å². The van der Waals surface area contributed by atoms with E-state index in [0.717, 1.165) is 30.3 Å². The Morgan fingerprint density at radius 1 is 1.18 bits per heavy atom. The van der Waals surface area contributed by atoms with Gasteiger partial charge in [-0.05, 0) is 36.5 Å². The predicted molar refractivity (Wildman–Crippen MR) is 85.8 cm³/mol. The molecule has 7 heteroatoms. The molecule has 2 heterocycles. The Labute approximate surface area is 133 Å². The Bertz CT molecular complexity index is 746. The highest BCUT2D eigenvalue weighted by Crippen LogP contribution is 2.50. The van der Waals surface area contributed by atoms with Crippen LogP contribution >= 0.6 is 12.4 Å². The number of nitrogens with one attached hydrogen (secondary N) is 1. The van der Waals surface area contributed by atoms with E-state index in [-0.39, 0.29) is 29.6 Å². The van der Waals surface area contributed by atoms with Gasteiger partial charge in [0.2, 0.25) is 11.8 Å². The number of rotatable bonds is 1. The Morgan fingerprint density at radius 2 is 1.86 bits per heavy atom. The minimum atomic E-state index is -0.0993. The lowest BCUT2D eigenvalue weighted by Gasteiger charge is -2.46. The molecule has 1 aliphatic heterocycles. The molecule has 0 bridgehead atoms. The normalized spacial score (nSPS) is 20.1. The number of carbonyl (C=O) groups is 2. The highest BCUT2D eigenvalue weighted by atomic mass is 35.5. The summed E-state index contributed by atoms with van der Waals surface area (Å²) in [6.45, 7) is 0. The van der Waals surface area contributed by atoms with E-state index in [2.05, 4.69) is 9.97 Å². The molecule has 2 fully saturated rings. The number of H-pyrrole nitrogens is 1. The van der Waals surface area contributed by atoms with Crippen molar-refractivity contribution in [3.8, 4) is 0 Å². The maximum Gasteiger partial charge on any atom is 0.234 e. The number of nitrogen functional groups attached to an aromatic ring is 1. The molecule has 116 valence electrons. The number of anilines is 2. The zero-order valence-electron chi connectivity index (χ0n) is 12.0. The van der Waals surface area contributed by atoms with Gasteiger partial charge in [-0.2, -0.15) is 0 Å². The van der Waals surface area contributed by atoms with Crippen LogP contribution in [0.15, 0.2) is 18.2 Å². The lowest BCUT2D eigenvalue weighted by molar-refractivity contribution is -0.136. The molecule has 1 aliphatic carbocycles. The molecular formula is C15H17ClN4O2. The number of nitrogens with two attached hydrogens (primary N) is 1. The van der Waals surface area contributed by atoms with E-state index in [9.17, 15) is 9.59 Å². The summed E-state index contributed by atoms with van der Waals surface area (Å²) >= 11 is 0. The molecule has 1 saturated carbocycles. The summed E-state index contributed by atoms with van der Waals surface area (Å²) in [5.41, 5.74) is 7.62. The van der Waals surface area contributed by atoms with Crippen molar-refractivity contribution in [2.24, 2.45) is 5.41 Å². The number of amides is 2. The first-order valence-electron chi connectivity index (χ1n) is 7.17. The second kappa shape index (κ2) is 4.98. The van der Waals surface area contributed by atoms with E-state index >= 15 is 0 Å². The maximum absolute atomic E-state index is 12.4. The minimum Gasteiger partial charge on any atom is -0.369 e. The molecule has 6 nitrogen and oxygen atoms in total. The second-order valence-electron chi connectivity index (χ2n) is 6.15. The lowest BCUT2D eigenvalue weighted by atomic mass is 9.63. The van der Waals surface area contributed by atoms with Gasteiger partial charge in [0, 0.05) is 12.8 Å². The van der Waals surface area contributed by atoms with Crippen molar-refractivity contribution in [2.45, 2.75) is 32.1 Å². The van der Waals surface area contributed by atoms with Crippen LogP contribution in [0.4, 0.5) is 11.6 Å². The predicted octanol–water partition coefficient (Wildman–Crippen LogP) is 2.39. The third kappa shape index (κ3) is 2.14. The fourth-order valence-electron chi connectivity index (χ4n) is 3.48. The number of benzene rings is 1. The van der Waals surface area contributed by atoms with Crippen LogP contribution in [0.2, 0.25) is 0 Å². The molecule has 4 rings (SSSR count). The number of fused-ring (bicyclic) bond motifs is 1. The summed E-state index contributed by atoms with van der Waals surface area (Å²) in [6, 6.07) is 5.27. The molecule has 2 aliphatic rings. The summed E-state index contributed by atoms with van der Waals surface area (Å²) in [4.78, 5) is 33.2. The smallest absolute Gasteiger partial charge is 0.234 e. The van der Waals surface area contributed by atoms with Crippen molar-refractivity contribution in [2.75, 3.05) is 10.6 Å². The Kier molecular flexibility index (Phi) is 3.36. The number of imide groups is 1. The standard InChI is InChI=1S/C15H16N4O2.ClH/c16-14-17-10-3-2-9(6-11(10)18-14)19-12(20)7-15(4-1-5-15)8-13(19)21;/h2-3,6H,1,4-5,7-8H2,(H3,16,17,18);1H. The van der Waals surface area contributed by atoms with Gasteiger partial charge in [-0.15, -0.1) is 12.4 Å². The van der Waals surface area contributed by atoms with Crippen molar-refractivity contribution in [3.63, 3.8) is 0 Å². The highest BCUT2D eigenvalue weighted by molar-refractivity contribution is 6.17. The molecule has 1 aromatic heterocycles. The highest BCUT2D eigenvalue weighted by Gasteiger charge is 2.47. The molecule has 1 aromatic carbocycles. The Morgan fingerprint density at radius 3 is 2.45 bits per heavy atom. The van der Waals surface area contributed by atoms with Crippen LogP contribution in [-0.4, -0.2) is 21.8 Å². The number of imidazole rings is 1. The van der Waals surface area contributed by atoms with Gasteiger partial charge in [0.15, 0.2) is 5.95 Å². The fraction of sp³-hybridized carbons (Fsp3) is 0.400. The molecule has 0 radical (unpaired) electrons. The zero-order valence-corrected chi connectivity index (χ0v) is 12.8. The van der Waals surface area contributed by atoms with Crippen molar-refractivity contribution in [1.82, 2.24) is 9.97 Å². The van der Waals surface area contributed by atoms with Crippen LogP contribution in [0.5, 0.6) is 0 Å². The van der Waals surface area contributed by atoms with Crippen LogP contribution in [0, 0.1) is 5.41 Å². The van der Waals surface area contributed by atoms with Crippen LogP contribution in [-0.2, 0) is 9.59 Å². The van der Waals surface area contributed by atoms with Gasteiger partial charge in [0.25, 0.3) is 0 Å². The van der Waals surface area contributed by atoms with Crippen molar-refractivity contribution in [1.29, 1.82) is 0 Å². The van der Waals surface area contributed by atoms with E-state index < -0.39 is 0 Å². The topological polar surface area (TPSA) is 92.1 Å². The van der Waals surface area contributed by atoms with Crippen LogP contribution in [0.25, 0.3) is 11.0 Å². The number of hydrogen-bond acceptors (Lipinski definition) is 4. The number of halogens is 1. The molecule has 1 saturated heterocycles. The molecule has 0 unspecified atom stereocenters. The van der Waals surface area contributed by atoms with Crippen LogP contribution in [0.3, 0.4) is 0 Å². The largest absolute Gasteiger partial charge is 0.369 e. The number of nitrogens with zero attached hydrogens (tertiary/aromatic N) is 2.